The molecule has 0 amide bonds. The van der Waals surface area contributed by atoms with Crippen LogP contribution in [-0.2, 0) is 0 Å². The van der Waals surface area contributed by atoms with Crippen molar-refractivity contribution >= 4 is 9.24 Å². The first-order chi connectivity index (χ1) is 9.97. The molecule has 0 aromatic heterocycles. The largest absolute Gasteiger partial charge is 0.134 e. The average Bonchev–Trinajstić information content (AvgIpc) is 2.45. The van der Waals surface area contributed by atoms with Gasteiger partial charge in [-0.05, 0) is 73.3 Å². The summed E-state index contributed by atoms with van der Waals surface area (Å²) in [5, 5.41) is 0. The molecule has 21 heavy (non-hydrogen) atoms. The van der Waals surface area contributed by atoms with E-state index in [0.717, 1.165) is 41.2 Å². The first-order valence-electron chi connectivity index (χ1n) is 9.73. The van der Waals surface area contributed by atoms with E-state index < -0.39 is 0 Å². The lowest BCUT2D eigenvalue weighted by molar-refractivity contribution is 0.133. The van der Waals surface area contributed by atoms with E-state index in [1.165, 1.54) is 57.8 Å². The third-order valence-electron chi connectivity index (χ3n) is 6.65. The van der Waals surface area contributed by atoms with Crippen molar-refractivity contribution < 1.29 is 0 Å². The summed E-state index contributed by atoms with van der Waals surface area (Å²) >= 11 is 0. The molecule has 0 aliphatic heterocycles. The van der Waals surface area contributed by atoms with Crippen molar-refractivity contribution in [3.05, 3.63) is 0 Å². The SMILES string of the molecule is CC(C)CCC(C)C1CCC(C2CCC(C)CC2)CC1P. The zero-order valence-electron chi connectivity index (χ0n) is 15.0. The minimum Gasteiger partial charge on any atom is -0.134 e. The summed E-state index contributed by atoms with van der Waals surface area (Å²) in [7, 11) is 3.24. The van der Waals surface area contributed by atoms with Crippen molar-refractivity contribution in [1.29, 1.82) is 0 Å². The summed E-state index contributed by atoms with van der Waals surface area (Å²) in [5.74, 6) is 5.90. The maximum Gasteiger partial charge on any atom is -0.0231 e. The molecule has 2 aliphatic rings. The van der Waals surface area contributed by atoms with E-state index in [1.807, 2.05) is 0 Å². The lowest BCUT2D eigenvalue weighted by atomic mass is 9.67. The van der Waals surface area contributed by atoms with Gasteiger partial charge in [0, 0.05) is 0 Å². The summed E-state index contributed by atoms with van der Waals surface area (Å²) in [4.78, 5) is 0. The van der Waals surface area contributed by atoms with Crippen molar-refractivity contribution in [2.24, 2.45) is 35.5 Å². The van der Waals surface area contributed by atoms with Crippen LogP contribution in [0.3, 0.4) is 0 Å². The van der Waals surface area contributed by atoms with Crippen LogP contribution in [0.4, 0.5) is 0 Å². The summed E-state index contributed by atoms with van der Waals surface area (Å²) < 4.78 is 0. The van der Waals surface area contributed by atoms with Gasteiger partial charge in [-0.25, -0.2) is 0 Å². The van der Waals surface area contributed by atoms with Crippen LogP contribution in [0, 0.1) is 35.5 Å². The molecule has 0 bridgehead atoms. The van der Waals surface area contributed by atoms with Crippen LogP contribution in [0.15, 0.2) is 0 Å². The smallest absolute Gasteiger partial charge is 0.0231 e. The Morgan fingerprint density at radius 3 is 2.05 bits per heavy atom. The lowest BCUT2D eigenvalue weighted by Crippen LogP contribution is -2.34. The molecule has 0 radical (unpaired) electrons. The van der Waals surface area contributed by atoms with Gasteiger partial charge in [-0.3, -0.25) is 0 Å². The molecule has 0 aromatic carbocycles. The normalized spacial score (nSPS) is 39.4. The highest BCUT2D eigenvalue weighted by atomic mass is 31.0. The molecule has 124 valence electrons. The van der Waals surface area contributed by atoms with Crippen molar-refractivity contribution in [2.45, 2.75) is 91.1 Å². The molecule has 2 aliphatic carbocycles. The first kappa shape index (κ1) is 17.8. The van der Waals surface area contributed by atoms with Gasteiger partial charge in [-0.2, -0.15) is 0 Å². The van der Waals surface area contributed by atoms with Crippen LogP contribution < -0.4 is 0 Å². The predicted octanol–water partition coefficient (Wildman–Crippen LogP) is 6.55. The van der Waals surface area contributed by atoms with Crippen molar-refractivity contribution in [3.63, 3.8) is 0 Å². The molecule has 2 fully saturated rings. The molecule has 0 nitrogen and oxygen atoms in total. The lowest BCUT2D eigenvalue weighted by Gasteiger charge is -2.42. The fourth-order valence-electron chi connectivity index (χ4n) is 4.97. The Labute approximate surface area is 136 Å². The molecule has 1 heteroatoms. The van der Waals surface area contributed by atoms with E-state index in [2.05, 4.69) is 36.9 Å². The van der Waals surface area contributed by atoms with Crippen LogP contribution in [0.25, 0.3) is 0 Å². The van der Waals surface area contributed by atoms with E-state index in [0.29, 0.717) is 0 Å². The molecule has 2 rings (SSSR count). The fraction of sp³-hybridized carbons (Fsp3) is 1.00. The molecular formula is C20H39P. The standard InChI is InChI=1S/C20H39P/c1-14(2)5-8-16(4)19-12-11-18(13-20(19)21)17-9-6-15(3)7-10-17/h14-20H,5-13,21H2,1-4H3. The maximum absolute atomic E-state index is 3.24. The van der Waals surface area contributed by atoms with E-state index in [1.54, 1.807) is 0 Å². The molecule has 0 heterocycles. The Morgan fingerprint density at radius 2 is 1.48 bits per heavy atom. The van der Waals surface area contributed by atoms with Gasteiger partial charge < -0.3 is 0 Å². The molecule has 0 N–H and O–H groups in total. The van der Waals surface area contributed by atoms with Crippen molar-refractivity contribution in [1.82, 2.24) is 0 Å². The van der Waals surface area contributed by atoms with Crippen LogP contribution in [0.1, 0.15) is 85.5 Å². The van der Waals surface area contributed by atoms with E-state index >= 15 is 0 Å². The quantitative estimate of drug-likeness (QED) is 0.505. The minimum absolute atomic E-state index is 0.871. The van der Waals surface area contributed by atoms with Crippen molar-refractivity contribution in [2.75, 3.05) is 0 Å². The number of hydrogen-bond donors (Lipinski definition) is 0. The van der Waals surface area contributed by atoms with Crippen LogP contribution in [-0.4, -0.2) is 5.66 Å². The summed E-state index contributed by atoms with van der Waals surface area (Å²) in [6.45, 7) is 9.70. The Bertz CT molecular complexity index is 290. The van der Waals surface area contributed by atoms with Gasteiger partial charge in [-0.15, -0.1) is 9.24 Å². The van der Waals surface area contributed by atoms with Crippen LogP contribution >= 0.6 is 9.24 Å². The second-order valence-electron chi connectivity index (χ2n) is 8.87. The average molecular weight is 311 g/mol. The molecule has 0 saturated heterocycles. The topological polar surface area (TPSA) is 0 Å². The number of hydrogen-bond acceptors (Lipinski definition) is 0. The molecule has 0 aromatic rings. The highest BCUT2D eigenvalue weighted by molar-refractivity contribution is 7.17. The Morgan fingerprint density at radius 1 is 0.857 bits per heavy atom. The van der Waals surface area contributed by atoms with Gasteiger partial charge in [-0.1, -0.05) is 53.4 Å². The van der Waals surface area contributed by atoms with Crippen LogP contribution in [0.5, 0.6) is 0 Å². The fourth-order valence-corrected chi connectivity index (χ4v) is 5.89. The maximum atomic E-state index is 3.24. The highest BCUT2D eigenvalue weighted by Crippen LogP contribution is 2.45. The summed E-state index contributed by atoms with van der Waals surface area (Å²) in [6.07, 6.45) is 13.4. The molecule has 5 unspecified atom stereocenters. The van der Waals surface area contributed by atoms with Gasteiger partial charge in [0.25, 0.3) is 0 Å². The summed E-state index contributed by atoms with van der Waals surface area (Å²) in [6, 6.07) is 0. The van der Waals surface area contributed by atoms with E-state index in [-0.39, 0.29) is 0 Å². The van der Waals surface area contributed by atoms with E-state index in [4.69, 9.17) is 0 Å². The van der Waals surface area contributed by atoms with Gasteiger partial charge in [0.2, 0.25) is 0 Å². The minimum atomic E-state index is 0.871. The Kier molecular flexibility index (Phi) is 7.05. The second kappa shape index (κ2) is 8.33. The molecule has 2 saturated carbocycles. The summed E-state index contributed by atoms with van der Waals surface area (Å²) in [5.41, 5.74) is 0.894. The van der Waals surface area contributed by atoms with Gasteiger partial charge in [0.05, 0.1) is 0 Å². The number of rotatable bonds is 5. The van der Waals surface area contributed by atoms with Crippen LogP contribution in [0.2, 0.25) is 0 Å². The first-order valence-corrected chi connectivity index (χ1v) is 10.4. The zero-order chi connectivity index (χ0) is 15.4. The third-order valence-corrected chi connectivity index (χ3v) is 7.42. The predicted molar refractivity (Wildman–Crippen MR) is 98.7 cm³/mol. The third kappa shape index (κ3) is 5.23. The van der Waals surface area contributed by atoms with Gasteiger partial charge in [0.1, 0.15) is 0 Å². The molecular weight excluding hydrogens is 271 g/mol. The zero-order valence-corrected chi connectivity index (χ0v) is 16.1. The van der Waals surface area contributed by atoms with Crippen molar-refractivity contribution in [3.8, 4) is 0 Å². The monoisotopic (exact) mass is 310 g/mol. The molecule has 0 spiro atoms. The van der Waals surface area contributed by atoms with Gasteiger partial charge in [0.15, 0.2) is 0 Å². The van der Waals surface area contributed by atoms with E-state index in [9.17, 15) is 0 Å². The Balaban J connectivity index is 1.78. The second-order valence-corrected chi connectivity index (χ2v) is 9.73. The highest BCUT2D eigenvalue weighted by Gasteiger charge is 2.35. The Hall–Kier alpha value is 0.430. The molecule has 5 atom stereocenters. The van der Waals surface area contributed by atoms with Gasteiger partial charge >= 0.3 is 0 Å².